The van der Waals surface area contributed by atoms with Crippen LogP contribution in [0.4, 0.5) is 0 Å². The van der Waals surface area contributed by atoms with Crippen molar-refractivity contribution in [3.63, 3.8) is 0 Å². The van der Waals surface area contributed by atoms with E-state index >= 15 is 0 Å². The summed E-state index contributed by atoms with van der Waals surface area (Å²) in [4.78, 5) is 22.9. The molecule has 2 amide bonds. The van der Waals surface area contributed by atoms with Crippen molar-refractivity contribution in [2.24, 2.45) is 11.0 Å². The van der Waals surface area contributed by atoms with Crippen LogP contribution in [0.1, 0.15) is 17.9 Å². The molecule has 0 aromatic carbocycles. The number of hydrogen-bond acceptors (Lipinski definition) is 5. The van der Waals surface area contributed by atoms with E-state index in [9.17, 15) is 9.59 Å². The van der Waals surface area contributed by atoms with Gasteiger partial charge in [-0.05, 0) is 19.1 Å². The maximum absolute atomic E-state index is 11.6. The second-order valence-corrected chi connectivity index (χ2v) is 4.14. The summed E-state index contributed by atoms with van der Waals surface area (Å²) in [6.07, 6.45) is 1.39. The van der Waals surface area contributed by atoms with E-state index in [4.69, 9.17) is 4.42 Å². The fourth-order valence-electron chi connectivity index (χ4n) is 1.61. The lowest BCUT2D eigenvalue weighted by atomic mass is 10.0. The summed E-state index contributed by atoms with van der Waals surface area (Å²) in [5, 5.41) is 3.75. The van der Waals surface area contributed by atoms with E-state index in [1.54, 1.807) is 12.1 Å². The normalized spacial score (nSPS) is 18.5. The molecule has 3 N–H and O–H groups in total. The van der Waals surface area contributed by atoms with Crippen LogP contribution in [0, 0.1) is 12.8 Å². The minimum atomic E-state index is -0.568. The first-order valence-corrected chi connectivity index (χ1v) is 5.69. The van der Waals surface area contributed by atoms with E-state index < -0.39 is 5.92 Å². The molecule has 0 radical (unpaired) electrons. The molecule has 1 aromatic heterocycles. The van der Waals surface area contributed by atoms with Crippen LogP contribution in [0.15, 0.2) is 33.9 Å². The van der Waals surface area contributed by atoms with Gasteiger partial charge in [-0.3, -0.25) is 15.0 Å². The lowest BCUT2D eigenvalue weighted by Crippen LogP contribution is -2.27. The standard InChI is InChI=1S/C12H14N4O3/c1-7-3-4-9(19-7)6-13-15-11(17)5-10-8(2)14-16-12(10)18/h3-4,6,10,14H,2,5H2,1H3,(H,15,17)(H,16,18)/t10-/m1/s1. The van der Waals surface area contributed by atoms with Gasteiger partial charge >= 0.3 is 0 Å². The SMILES string of the molecule is C=C1NNC(=O)[C@@H]1CC(=O)NN=Cc1ccc(C)o1. The second-order valence-electron chi connectivity index (χ2n) is 4.14. The number of hydrazone groups is 1. The summed E-state index contributed by atoms with van der Waals surface area (Å²) in [5.74, 6) is 0.0941. The number of hydrazine groups is 1. The molecule has 1 aliphatic heterocycles. The molecule has 0 spiro atoms. The van der Waals surface area contributed by atoms with Crippen molar-refractivity contribution < 1.29 is 14.0 Å². The van der Waals surface area contributed by atoms with Crippen molar-refractivity contribution in [2.45, 2.75) is 13.3 Å². The highest BCUT2D eigenvalue weighted by atomic mass is 16.3. The van der Waals surface area contributed by atoms with Crippen LogP contribution in [0.3, 0.4) is 0 Å². The Kier molecular flexibility index (Phi) is 3.65. The molecule has 100 valence electrons. The van der Waals surface area contributed by atoms with Crippen molar-refractivity contribution in [1.29, 1.82) is 0 Å². The fourth-order valence-corrected chi connectivity index (χ4v) is 1.61. The number of nitrogens with one attached hydrogen (secondary N) is 3. The molecule has 2 rings (SSSR count). The summed E-state index contributed by atoms with van der Waals surface area (Å²) in [7, 11) is 0. The predicted octanol–water partition coefficient (Wildman–Crippen LogP) is 0.193. The van der Waals surface area contributed by atoms with Crippen molar-refractivity contribution in [3.8, 4) is 0 Å². The Morgan fingerprint density at radius 1 is 1.58 bits per heavy atom. The molecule has 1 aromatic rings. The van der Waals surface area contributed by atoms with Gasteiger partial charge in [0.25, 0.3) is 0 Å². The number of hydrogen-bond donors (Lipinski definition) is 3. The first kappa shape index (κ1) is 12.9. The van der Waals surface area contributed by atoms with Gasteiger partial charge in [0.2, 0.25) is 11.8 Å². The number of aryl methyl sites for hydroxylation is 1. The second kappa shape index (κ2) is 5.38. The van der Waals surface area contributed by atoms with Gasteiger partial charge in [-0.2, -0.15) is 5.10 Å². The van der Waals surface area contributed by atoms with Gasteiger partial charge in [-0.25, -0.2) is 5.43 Å². The van der Waals surface area contributed by atoms with Gasteiger partial charge in [0.15, 0.2) is 0 Å². The number of carbonyl (C=O) groups excluding carboxylic acids is 2. The number of amides is 2. The molecule has 1 saturated heterocycles. The van der Waals surface area contributed by atoms with Crippen LogP contribution in [0.25, 0.3) is 0 Å². The van der Waals surface area contributed by atoms with Crippen molar-refractivity contribution in [1.82, 2.24) is 16.3 Å². The molecule has 2 heterocycles. The molecule has 0 aliphatic carbocycles. The lowest BCUT2D eigenvalue weighted by molar-refractivity contribution is -0.127. The third-order valence-corrected chi connectivity index (χ3v) is 2.62. The lowest BCUT2D eigenvalue weighted by Gasteiger charge is -2.04. The summed E-state index contributed by atoms with van der Waals surface area (Å²) in [5.41, 5.74) is 7.78. The fraction of sp³-hybridized carbons (Fsp3) is 0.250. The van der Waals surface area contributed by atoms with Gasteiger partial charge in [0.05, 0.1) is 12.1 Å². The summed E-state index contributed by atoms with van der Waals surface area (Å²) >= 11 is 0. The van der Waals surface area contributed by atoms with Gasteiger partial charge in [0.1, 0.15) is 11.5 Å². The van der Waals surface area contributed by atoms with Gasteiger partial charge in [-0.1, -0.05) is 6.58 Å². The zero-order valence-corrected chi connectivity index (χ0v) is 10.4. The molecule has 19 heavy (non-hydrogen) atoms. The van der Waals surface area contributed by atoms with E-state index in [1.165, 1.54) is 6.21 Å². The van der Waals surface area contributed by atoms with Crippen LogP contribution >= 0.6 is 0 Å². The Bertz CT molecular complexity index is 531. The first-order chi connectivity index (χ1) is 9.06. The number of nitrogens with zero attached hydrogens (tertiary/aromatic N) is 1. The van der Waals surface area contributed by atoms with E-state index in [-0.39, 0.29) is 18.2 Å². The zero-order valence-electron chi connectivity index (χ0n) is 10.4. The molecule has 7 nitrogen and oxygen atoms in total. The number of furan rings is 1. The Morgan fingerprint density at radius 2 is 2.37 bits per heavy atom. The molecule has 7 heteroatoms. The van der Waals surface area contributed by atoms with E-state index in [1.807, 2.05) is 6.92 Å². The van der Waals surface area contributed by atoms with E-state index in [0.717, 1.165) is 5.76 Å². The van der Waals surface area contributed by atoms with E-state index in [2.05, 4.69) is 28.0 Å². The van der Waals surface area contributed by atoms with Crippen LogP contribution < -0.4 is 16.3 Å². The monoisotopic (exact) mass is 262 g/mol. The topological polar surface area (TPSA) is 95.7 Å². The van der Waals surface area contributed by atoms with Crippen molar-refractivity contribution >= 4 is 18.0 Å². The van der Waals surface area contributed by atoms with Gasteiger partial charge in [0, 0.05) is 12.1 Å². The Labute approximate surface area is 109 Å². The average molecular weight is 262 g/mol. The quantitative estimate of drug-likeness (QED) is 0.533. The minimum absolute atomic E-state index is 0.00775. The zero-order chi connectivity index (χ0) is 13.8. The van der Waals surface area contributed by atoms with Crippen LogP contribution in [0.5, 0.6) is 0 Å². The van der Waals surface area contributed by atoms with Crippen LogP contribution in [-0.2, 0) is 9.59 Å². The highest BCUT2D eigenvalue weighted by Crippen LogP contribution is 2.15. The van der Waals surface area contributed by atoms with Gasteiger partial charge < -0.3 is 9.84 Å². The highest BCUT2D eigenvalue weighted by molar-refractivity contribution is 5.89. The summed E-state index contributed by atoms with van der Waals surface area (Å²) in [6, 6.07) is 3.53. The Balaban J connectivity index is 1.83. The van der Waals surface area contributed by atoms with Crippen LogP contribution in [0.2, 0.25) is 0 Å². The average Bonchev–Trinajstić information content (AvgIpc) is 2.90. The maximum Gasteiger partial charge on any atom is 0.247 e. The summed E-state index contributed by atoms with van der Waals surface area (Å²) in [6.45, 7) is 5.45. The van der Waals surface area contributed by atoms with Crippen molar-refractivity contribution in [3.05, 3.63) is 35.9 Å². The van der Waals surface area contributed by atoms with Crippen LogP contribution in [-0.4, -0.2) is 18.0 Å². The maximum atomic E-state index is 11.6. The molecule has 1 aliphatic rings. The smallest absolute Gasteiger partial charge is 0.247 e. The molecule has 0 bridgehead atoms. The van der Waals surface area contributed by atoms with Crippen molar-refractivity contribution in [2.75, 3.05) is 0 Å². The highest BCUT2D eigenvalue weighted by Gasteiger charge is 2.29. The molecule has 0 unspecified atom stereocenters. The van der Waals surface area contributed by atoms with Gasteiger partial charge in [-0.15, -0.1) is 0 Å². The third kappa shape index (κ3) is 3.21. The van der Waals surface area contributed by atoms with E-state index in [0.29, 0.717) is 11.5 Å². The summed E-state index contributed by atoms with van der Waals surface area (Å²) < 4.78 is 5.24. The predicted molar refractivity (Wildman–Crippen MR) is 67.7 cm³/mol. The largest absolute Gasteiger partial charge is 0.460 e. The Hall–Kier alpha value is -2.57. The number of carbonyl (C=O) groups is 2. The molecule has 1 atom stereocenters. The molecular formula is C12H14N4O3. The molecule has 1 fully saturated rings. The first-order valence-electron chi connectivity index (χ1n) is 5.69. The molecule has 0 saturated carbocycles. The third-order valence-electron chi connectivity index (χ3n) is 2.62. The minimum Gasteiger partial charge on any atom is -0.460 e. The number of rotatable bonds is 4. The molecular weight excluding hydrogens is 248 g/mol. The Morgan fingerprint density at radius 3 is 2.95 bits per heavy atom.